The summed E-state index contributed by atoms with van der Waals surface area (Å²) < 4.78 is 0. The number of carboxylic acids is 1. The van der Waals surface area contributed by atoms with Crippen LogP contribution in [0.3, 0.4) is 0 Å². The molecule has 2 unspecified atom stereocenters. The smallest absolute Gasteiger partial charge is 0.372 e. The molecule has 0 saturated heterocycles. The second-order valence-corrected chi connectivity index (χ2v) is 2.24. The molecule has 3 N–H and O–H groups in total. The van der Waals surface area contributed by atoms with Crippen molar-refractivity contribution in [1.29, 1.82) is 0 Å². The molecule has 0 spiro atoms. The van der Waals surface area contributed by atoms with Gasteiger partial charge < -0.3 is 15.3 Å². The zero-order chi connectivity index (χ0) is 9.02. The number of carbonyl (C=O) groups is 2. The number of carboxylic acid groups (broad SMARTS) is 1. The molecule has 11 heavy (non-hydrogen) atoms. The van der Waals surface area contributed by atoms with Crippen molar-refractivity contribution in [3.63, 3.8) is 0 Å². The highest BCUT2D eigenvalue weighted by Gasteiger charge is 2.19. The molecule has 0 aliphatic carbocycles. The zero-order valence-electron chi connectivity index (χ0n) is 6.02. The quantitative estimate of drug-likeness (QED) is 0.450. The maximum Gasteiger partial charge on any atom is 0.372 e. The minimum Gasteiger partial charge on any atom is -0.475 e. The van der Waals surface area contributed by atoms with Gasteiger partial charge in [-0.1, -0.05) is 0 Å². The Hall–Kier alpha value is -0.940. The van der Waals surface area contributed by atoms with Gasteiger partial charge in [0.15, 0.2) is 0 Å². The van der Waals surface area contributed by atoms with Crippen LogP contribution in [0.1, 0.15) is 13.3 Å². The molecule has 0 radical (unpaired) electrons. The second-order valence-electron chi connectivity index (χ2n) is 2.24. The number of carbonyl (C=O) groups excluding carboxylic acids is 1. The van der Waals surface area contributed by atoms with Gasteiger partial charge in [0.05, 0.1) is 12.2 Å². The van der Waals surface area contributed by atoms with E-state index in [1.807, 2.05) is 0 Å². The lowest BCUT2D eigenvalue weighted by atomic mass is 10.1. The Balaban J connectivity index is 3.85. The Kier molecular flexibility index (Phi) is 3.70. The molecule has 0 aliphatic rings. The van der Waals surface area contributed by atoms with Gasteiger partial charge in [0.25, 0.3) is 0 Å². The molecule has 0 aromatic carbocycles. The monoisotopic (exact) mass is 162 g/mol. The number of hydrogen-bond donors (Lipinski definition) is 3. The molecule has 2 atom stereocenters. The van der Waals surface area contributed by atoms with E-state index in [4.69, 9.17) is 15.3 Å². The van der Waals surface area contributed by atoms with Crippen LogP contribution in [0.4, 0.5) is 0 Å². The van der Waals surface area contributed by atoms with Crippen LogP contribution in [0.25, 0.3) is 0 Å². The van der Waals surface area contributed by atoms with Crippen molar-refractivity contribution in [1.82, 2.24) is 0 Å². The van der Waals surface area contributed by atoms with Crippen molar-refractivity contribution in [2.24, 2.45) is 0 Å². The summed E-state index contributed by atoms with van der Waals surface area (Å²) >= 11 is 0. The minimum absolute atomic E-state index is 0.549. The predicted molar refractivity (Wildman–Crippen MR) is 34.9 cm³/mol. The van der Waals surface area contributed by atoms with Crippen LogP contribution in [0, 0.1) is 0 Å². The van der Waals surface area contributed by atoms with Crippen LogP contribution in [0.5, 0.6) is 0 Å². The molecular formula is C6H10O5. The molecule has 5 heteroatoms. The fourth-order valence-electron chi connectivity index (χ4n) is 0.448. The van der Waals surface area contributed by atoms with Crippen LogP contribution in [0.2, 0.25) is 0 Å². The summed E-state index contributed by atoms with van der Waals surface area (Å²) in [7, 11) is 0. The topological polar surface area (TPSA) is 94.8 Å². The summed E-state index contributed by atoms with van der Waals surface area (Å²) in [4.78, 5) is 20.3. The third-order valence-electron chi connectivity index (χ3n) is 1.19. The van der Waals surface area contributed by atoms with Crippen LogP contribution in [-0.4, -0.2) is 39.3 Å². The lowest BCUT2D eigenvalue weighted by Gasteiger charge is -2.10. The van der Waals surface area contributed by atoms with E-state index < -0.39 is 30.4 Å². The summed E-state index contributed by atoms with van der Waals surface area (Å²) in [5.41, 5.74) is 0. The van der Waals surface area contributed by atoms with E-state index in [-0.39, 0.29) is 0 Å². The average molecular weight is 162 g/mol. The molecule has 0 aromatic heterocycles. The Morgan fingerprint density at radius 2 is 1.82 bits per heavy atom. The number of aliphatic hydroxyl groups is 2. The van der Waals surface area contributed by atoms with Crippen molar-refractivity contribution in [2.75, 3.05) is 0 Å². The third-order valence-corrected chi connectivity index (χ3v) is 1.19. The van der Waals surface area contributed by atoms with Gasteiger partial charge in [0.2, 0.25) is 5.78 Å². The van der Waals surface area contributed by atoms with Crippen LogP contribution < -0.4 is 0 Å². The Labute approximate surface area is 63.3 Å². The van der Waals surface area contributed by atoms with Gasteiger partial charge in [-0.25, -0.2) is 4.79 Å². The third kappa shape index (κ3) is 3.69. The molecule has 64 valence electrons. The fourth-order valence-corrected chi connectivity index (χ4v) is 0.448. The molecule has 0 rings (SSSR count). The number of ketones is 1. The largest absolute Gasteiger partial charge is 0.475 e. The fraction of sp³-hybridized carbons (Fsp3) is 0.667. The first-order chi connectivity index (χ1) is 4.95. The molecule has 0 fully saturated rings. The van der Waals surface area contributed by atoms with Crippen molar-refractivity contribution < 1.29 is 24.9 Å². The van der Waals surface area contributed by atoms with Gasteiger partial charge in [-0.2, -0.15) is 0 Å². The minimum atomic E-state index is -1.59. The lowest BCUT2D eigenvalue weighted by Crippen LogP contribution is -2.28. The Morgan fingerprint density at radius 3 is 2.09 bits per heavy atom. The Bertz CT molecular complexity index is 162. The second kappa shape index (κ2) is 4.05. The first kappa shape index (κ1) is 10.1. The molecule has 0 heterocycles. The predicted octanol–water partition coefficient (Wildman–Crippen LogP) is -1.23. The highest BCUT2D eigenvalue weighted by molar-refractivity contribution is 6.32. The van der Waals surface area contributed by atoms with E-state index in [0.29, 0.717) is 0 Å². The molecule has 0 amide bonds. The number of aliphatic carboxylic acids is 1. The van der Waals surface area contributed by atoms with E-state index in [2.05, 4.69) is 0 Å². The van der Waals surface area contributed by atoms with E-state index in [0.717, 1.165) is 0 Å². The number of aliphatic hydroxyl groups excluding tert-OH is 2. The van der Waals surface area contributed by atoms with E-state index in [1.165, 1.54) is 6.92 Å². The standard InChI is InChI=1S/C6H10O5/c1-3(7)4(8)2-5(9)6(10)11/h3-4,7-8H,2H2,1H3,(H,10,11). The maximum atomic E-state index is 10.4. The first-order valence-corrected chi connectivity index (χ1v) is 3.07. The molecule has 0 aliphatic heterocycles. The average Bonchev–Trinajstić information content (AvgIpc) is 1.87. The van der Waals surface area contributed by atoms with Crippen LogP contribution >= 0.6 is 0 Å². The maximum absolute atomic E-state index is 10.4. The van der Waals surface area contributed by atoms with Crippen LogP contribution in [-0.2, 0) is 9.59 Å². The van der Waals surface area contributed by atoms with Crippen molar-refractivity contribution in [2.45, 2.75) is 25.6 Å². The highest BCUT2D eigenvalue weighted by Crippen LogP contribution is 1.98. The zero-order valence-corrected chi connectivity index (χ0v) is 6.02. The summed E-state index contributed by atoms with van der Waals surface area (Å²) in [6, 6.07) is 0. The SMILES string of the molecule is CC(O)C(O)CC(=O)C(=O)O. The summed E-state index contributed by atoms with van der Waals surface area (Å²) in [6.45, 7) is 1.28. The van der Waals surface area contributed by atoms with Crippen molar-refractivity contribution >= 4 is 11.8 Å². The normalized spacial score (nSPS) is 15.5. The molecule has 5 nitrogen and oxygen atoms in total. The first-order valence-electron chi connectivity index (χ1n) is 3.07. The van der Waals surface area contributed by atoms with Gasteiger partial charge in [-0.05, 0) is 6.92 Å². The highest BCUT2D eigenvalue weighted by atomic mass is 16.4. The number of rotatable bonds is 4. The van der Waals surface area contributed by atoms with E-state index in [9.17, 15) is 9.59 Å². The van der Waals surface area contributed by atoms with E-state index in [1.54, 1.807) is 0 Å². The number of Topliss-reactive ketones (excluding diaryl/α,β-unsaturated/α-hetero) is 1. The van der Waals surface area contributed by atoms with Gasteiger partial charge in [-0.3, -0.25) is 4.79 Å². The summed E-state index contributed by atoms with van der Waals surface area (Å²) in [6.07, 6.45) is -2.93. The van der Waals surface area contributed by atoms with E-state index >= 15 is 0 Å². The lowest BCUT2D eigenvalue weighted by molar-refractivity contribution is -0.150. The van der Waals surface area contributed by atoms with Crippen LogP contribution in [0.15, 0.2) is 0 Å². The van der Waals surface area contributed by atoms with Gasteiger partial charge >= 0.3 is 5.97 Å². The Morgan fingerprint density at radius 1 is 1.36 bits per heavy atom. The molecule has 0 saturated carbocycles. The van der Waals surface area contributed by atoms with Crippen molar-refractivity contribution in [3.8, 4) is 0 Å². The summed E-state index contributed by atoms with van der Waals surface area (Å²) in [5, 5.41) is 25.5. The number of hydrogen-bond acceptors (Lipinski definition) is 4. The van der Waals surface area contributed by atoms with Crippen molar-refractivity contribution in [3.05, 3.63) is 0 Å². The molecule has 0 aromatic rings. The van der Waals surface area contributed by atoms with Gasteiger partial charge in [0.1, 0.15) is 0 Å². The molecular weight excluding hydrogens is 152 g/mol. The molecule has 0 bridgehead atoms. The van der Waals surface area contributed by atoms with Gasteiger partial charge in [-0.15, -0.1) is 0 Å². The van der Waals surface area contributed by atoms with Gasteiger partial charge in [0, 0.05) is 6.42 Å². The summed E-state index contributed by atoms with van der Waals surface area (Å²) in [5.74, 6) is -2.69.